The van der Waals surface area contributed by atoms with Crippen molar-refractivity contribution >= 4 is 28.9 Å². The SMILES string of the molecule is COC(=O)C12CCC(n3c(=O)n(-c4ccc(CNC(=O)c5cc(F)ccc5OC)cc4)c4c(N)ncnc43)(CC1)CC2. The van der Waals surface area contributed by atoms with Crippen LogP contribution in [0.4, 0.5) is 10.2 Å². The first-order valence-corrected chi connectivity index (χ1v) is 13.8. The monoisotopic (exact) mass is 574 g/mol. The number of anilines is 1. The molecule has 218 valence electrons. The van der Waals surface area contributed by atoms with E-state index in [9.17, 15) is 18.8 Å². The molecule has 0 saturated heterocycles. The Morgan fingerprint density at radius 1 is 1.02 bits per heavy atom. The summed E-state index contributed by atoms with van der Waals surface area (Å²) in [5.41, 5.74) is 7.37. The summed E-state index contributed by atoms with van der Waals surface area (Å²) < 4.78 is 27.3. The number of hydrogen-bond donors (Lipinski definition) is 2. The zero-order valence-corrected chi connectivity index (χ0v) is 23.4. The lowest BCUT2D eigenvalue weighted by molar-refractivity contribution is -0.161. The lowest BCUT2D eigenvalue weighted by Crippen LogP contribution is -2.53. The number of nitrogens with zero attached hydrogens (tertiary/aromatic N) is 4. The van der Waals surface area contributed by atoms with Crippen molar-refractivity contribution in [2.24, 2.45) is 5.41 Å². The van der Waals surface area contributed by atoms with E-state index in [0.717, 1.165) is 11.6 Å². The minimum atomic E-state index is -0.540. The van der Waals surface area contributed by atoms with Gasteiger partial charge in [0.15, 0.2) is 11.5 Å². The minimum Gasteiger partial charge on any atom is -0.496 e. The van der Waals surface area contributed by atoms with E-state index in [-0.39, 0.29) is 35.3 Å². The number of halogens is 1. The van der Waals surface area contributed by atoms with Crippen molar-refractivity contribution in [3.05, 3.63) is 76.2 Å². The molecule has 0 radical (unpaired) electrons. The number of methoxy groups -OCH3 is 2. The van der Waals surface area contributed by atoms with Crippen LogP contribution in [0.15, 0.2) is 53.6 Å². The van der Waals surface area contributed by atoms with E-state index in [1.165, 1.54) is 37.2 Å². The number of carbonyl (C=O) groups excluding carboxylic acids is 2. The largest absolute Gasteiger partial charge is 0.496 e. The molecule has 0 aliphatic heterocycles. The molecule has 4 aromatic rings. The molecule has 1 amide bonds. The third-order valence-corrected chi connectivity index (χ3v) is 9.00. The van der Waals surface area contributed by atoms with Gasteiger partial charge in [-0.2, -0.15) is 0 Å². The fourth-order valence-electron chi connectivity index (χ4n) is 6.64. The second kappa shape index (κ2) is 10.3. The Kier molecular flexibility index (Phi) is 6.71. The molecule has 0 unspecified atom stereocenters. The highest BCUT2D eigenvalue weighted by Gasteiger charge is 2.55. The van der Waals surface area contributed by atoms with E-state index in [0.29, 0.717) is 55.4 Å². The zero-order valence-electron chi connectivity index (χ0n) is 23.4. The molecule has 2 aromatic carbocycles. The van der Waals surface area contributed by atoms with E-state index in [2.05, 4.69) is 15.3 Å². The topological polar surface area (TPSA) is 143 Å². The van der Waals surface area contributed by atoms with Gasteiger partial charge >= 0.3 is 11.7 Å². The maximum absolute atomic E-state index is 14.1. The number of esters is 1. The number of ether oxygens (including phenoxy) is 2. The van der Waals surface area contributed by atoms with Crippen molar-refractivity contribution in [3.63, 3.8) is 0 Å². The van der Waals surface area contributed by atoms with Crippen LogP contribution in [0.2, 0.25) is 0 Å². The summed E-state index contributed by atoms with van der Waals surface area (Å²) in [5, 5.41) is 2.77. The third kappa shape index (κ3) is 4.29. The molecule has 11 nitrogen and oxygen atoms in total. The van der Waals surface area contributed by atoms with E-state index in [4.69, 9.17) is 15.2 Å². The number of nitrogen functional groups attached to an aromatic ring is 1. The van der Waals surface area contributed by atoms with Crippen LogP contribution in [0.1, 0.15) is 54.4 Å². The number of fused-ring (bicyclic) bond motifs is 4. The Morgan fingerprint density at radius 2 is 1.71 bits per heavy atom. The maximum Gasteiger partial charge on any atom is 0.335 e. The first kappa shape index (κ1) is 27.4. The van der Waals surface area contributed by atoms with Crippen molar-refractivity contribution in [1.29, 1.82) is 0 Å². The van der Waals surface area contributed by atoms with E-state index in [1.54, 1.807) is 28.8 Å². The average molecular weight is 575 g/mol. The number of rotatable bonds is 7. The number of imidazole rings is 1. The number of nitrogens with one attached hydrogen (secondary N) is 1. The number of amides is 1. The van der Waals surface area contributed by atoms with Gasteiger partial charge in [0, 0.05) is 6.54 Å². The van der Waals surface area contributed by atoms with Gasteiger partial charge in [0.1, 0.15) is 23.4 Å². The summed E-state index contributed by atoms with van der Waals surface area (Å²) in [6, 6.07) is 10.9. The standard InChI is InChI=1S/C30H31FN6O5/c1-41-22-8-5-19(31)15-21(22)26(38)33-16-18-3-6-20(7-4-18)36-23-24(32)34-17-35-25(23)37(28(36)40)30-12-9-29(10-13-30,11-14-30)27(39)42-2/h3-8,15,17H,9-14,16H2,1-2H3,(H,33,38)(H2,32,34,35). The Labute approximate surface area is 240 Å². The van der Waals surface area contributed by atoms with Gasteiger partial charge < -0.3 is 20.5 Å². The van der Waals surface area contributed by atoms with Gasteiger partial charge in [0.05, 0.1) is 36.4 Å². The predicted molar refractivity (Wildman–Crippen MR) is 152 cm³/mol. The lowest BCUT2D eigenvalue weighted by atomic mass is 9.57. The first-order valence-electron chi connectivity index (χ1n) is 13.8. The van der Waals surface area contributed by atoms with Crippen LogP contribution >= 0.6 is 0 Å². The average Bonchev–Trinajstić information content (AvgIpc) is 3.34. The van der Waals surface area contributed by atoms with Gasteiger partial charge in [0.2, 0.25) is 0 Å². The molecule has 2 heterocycles. The minimum absolute atomic E-state index is 0.0950. The molecule has 0 spiro atoms. The molecule has 3 saturated carbocycles. The zero-order chi connectivity index (χ0) is 29.6. The first-order chi connectivity index (χ1) is 20.2. The van der Waals surface area contributed by atoms with Crippen molar-refractivity contribution in [2.75, 3.05) is 20.0 Å². The molecule has 0 atom stereocenters. The van der Waals surface area contributed by atoms with E-state index < -0.39 is 22.7 Å². The molecular formula is C30H31FN6O5. The summed E-state index contributed by atoms with van der Waals surface area (Å²) in [7, 11) is 2.84. The summed E-state index contributed by atoms with van der Waals surface area (Å²) in [5.74, 6) is -0.741. The molecule has 3 aliphatic rings. The fourth-order valence-corrected chi connectivity index (χ4v) is 6.64. The van der Waals surface area contributed by atoms with Gasteiger partial charge in [-0.3, -0.25) is 18.7 Å². The molecule has 3 aliphatic carbocycles. The highest BCUT2D eigenvalue weighted by atomic mass is 19.1. The molecule has 12 heteroatoms. The van der Waals surface area contributed by atoms with Crippen molar-refractivity contribution < 1.29 is 23.5 Å². The fraction of sp³-hybridized carbons (Fsp3) is 0.367. The summed E-state index contributed by atoms with van der Waals surface area (Å²) in [4.78, 5) is 48.0. The van der Waals surface area contributed by atoms with Gasteiger partial charge in [-0.1, -0.05) is 12.1 Å². The molecule has 3 N–H and O–H groups in total. The van der Waals surface area contributed by atoms with Gasteiger partial charge in [-0.25, -0.2) is 19.2 Å². The van der Waals surface area contributed by atoms with Crippen LogP contribution in [-0.2, 0) is 21.6 Å². The van der Waals surface area contributed by atoms with E-state index >= 15 is 0 Å². The molecule has 7 rings (SSSR count). The Morgan fingerprint density at radius 3 is 2.36 bits per heavy atom. The van der Waals surface area contributed by atoms with Gasteiger partial charge in [-0.15, -0.1) is 0 Å². The smallest absolute Gasteiger partial charge is 0.335 e. The van der Waals surface area contributed by atoms with Crippen LogP contribution in [0.25, 0.3) is 16.9 Å². The van der Waals surface area contributed by atoms with Crippen LogP contribution in [-0.4, -0.2) is 45.2 Å². The van der Waals surface area contributed by atoms with Gasteiger partial charge in [-0.05, 0) is 74.4 Å². The quantitative estimate of drug-likeness (QED) is 0.320. The molecule has 3 fully saturated rings. The number of benzene rings is 2. The van der Waals surface area contributed by atoms with Crippen molar-refractivity contribution in [3.8, 4) is 11.4 Å². The van der Waals surface area contributed by atoms with Crippen LogP contribution in [0.5, 0.6) is 5.75 Å². The predicted octanol–water partition coefficient (Wildman–Crippen LogP) is 3.46. The maximum atomic E-state index is 14.1. The molecule has 2 aromatic heterocycles. The van der Waals surface area contributed by atoms with Crippen LogP contribution in [0, 0.1) is 11.2 Å². The van der Waals surface area contributed by atoms with Crippen LogP contribution < -0.4 is 21.5 Å². The molecule has 42 heavy (non-hydrogen) atoms. The second-order valence-electron chi connectivity index (χ2n) is 11.1. The molecule has 2 bridgehead atoms. The van der Waals surface area contributed by atoms with E-state index in [1.807, 2.05) is 0 Å². The van der Waals surface area contributed by atoms with Gasteiger partial charge in [0.25, 0.3) is 5.91 Å². The van der Waals surface area contributed by atoms with Crippen LogP contribution in [0.3, 0.4) is 0 Å². The number of nitrogens with two attached hydrogens (primary N) is 1. The lowest BCUT2D eigenvalue weighted by Gasteiger charge is -2.51. The highest BCUT2D eigenvalue weighted by molar-refractivity contribution is 5.96. The number of hydrogen-bond acceptors (Lipinski definition) is 8. The summed E-state index contributed by atoms with van der Waals surface area (Å²) in [6.07, 6.45) is 5.24. The summed E-state index contributed by atoms with van der Waals surface area (Å²) >= 11 is 0. The third-order valence-electron chi connectivity index (χ3n) is 9.00. The Bertz CT molecular complexity index is 1740. The Balaban J connectivity index is 1.30. The highest BCUT2D eigenvalue weighted by Crippen LogP contribution is 2.56. The normalized spacial score (nSPS) is 21.3. The molecular weight excluding hydrogens is 543 g/mol. The van der Waals surface area contributed by atoms with Crippen molar-refractivity contribution in [1.82, 2.24) is 24.4 Å². The number of aromatic nitrogens is 4. The van der Waals surface area contributed by atoms with Crippen molar-refractivity contribution in [2.45, 2.75) is 50.6 Å². The summed E-state index contributed by atoms with van der Waals surface area (Å²) in [6.45, 7) is 0.172. The second-order valence-corrected chi connectivity index (χ2v) is 11.1. The Hall–Kier alpha value is -4.74. The number of carbonyl (C=O) groups is 2.